The lowest BCUT2D eigenvalue weighted by Gasteiger charge is -1.92. The number of allylic oxidation sites excluding steroid dienone is 1. The normalized spacial score (nSPS) is 11.4. The summed E-state index contributed by atoms with van der Waals surface area (Å²) in [4.78, 5) is 13.8. The Labute approximate surface area is 81.5 Å². The van der Waals surface area contributed by atoms with Crippen LogP contribution in [0.4, 0.5) is 0 Å². The molecule has 0 fully saturated rings. The van der Waals surface area contributed by atoms with E-state index < -0.39 is 16.4 Å². The van der Waals surface area contributed by atoms with Crippen LogP contribution in [-0.4, -0.2) is 28.7 Å². The molecule has 0 unspecified atom stereocenters. The Morgan fingerprint density at radius 3 is 2.00 bits per heavy atom. The average molecular weight is 228 g/mol. The predicted octanol–water partition coefficient (Wildman–Crippen LogP) is 0.706. The summed E-state index contributed by atoms with van der Waals surface area (Å²) in [6.45, 7) is 3.48. The smallest absolute Gasteiger partial charge is 0.296 e. The summed E-state index contributed by atoms with van der Waals surface area (Å²) >= 11 is 0. The molecule has 0 aliphatic rings. The first-order chi connectivity index (χ1) is 6.22. The molecule has 0 aliphatic carbocycles. The minimum absolute atomic E-state index is 0.431. The van der Waals surface area contributed by atoms with Crippen LogP contribution < -0.4 is 0 Å². The summed E-state index contributed by atoms with van der Waals surface area (Å²) in [6.07, 6.45) is 2.44. The van der Waals surface area contributed by atoms with Crippen molar-refractivity contribution in [3.63, 3.8) is 0 Å². The van der Waals surface area contributed by atoms with E-state index in [1.807, 2.05) is 6.92 Å². The summed E-state index contributed by atoms with van der Waals surface area (Å²) in [6, 6.07) is 0. The number of hydrogen-bond donors (Lipinski definition) is 3. The van der Waals surface area contributed by atoms with Gasteiger partial charge in [-0.1, -0.05) is 13.0 Å². The molecular formula is C6H12O7S. The number of hydrogen-bond acceptors (Lipinski definition) is 5. The highest BCUT2D eigenvalue weighted by atomic mass is 32.3. The molecule has 0 amide bonds. The van der Waals surface area contributed by atoms with Gasteiger partial charge in [-0.3, -0.25) is 14.0 Å². The maximum Gasteiger partial charge on any atom is 0.394 e. The topological polar surface area (TPSA) is 121 Å². The van der Waals surface area contributed by atoms with Gasteiger partial charge in [0.05, 0.1) is 0 Å². The lowest BCUT2D eigenvalue weighted by molar-refractivity contribution is -0.229. The van der Waals surface area contributed by atoms with E-state index in [0.29, 0.717) is 5.57 Å². The van der Waals surface area contributed by atoms with Crippen molar-refractivity contribution >= 4 is 16.4 Å². The molecule has 0 aromatic heterocycles. The molecule has 7 nitrogen and oxygen atoms in total. The number of carbonyl (C=O) groups is 1. The van der Waals surface area contributed by atoms with Crippen LogP contribution >= 0.6 is 0 Å². The van der Waals surface area contributed by atoms with E-state index in [1.54, 1.807) is 13.0 Å². The fourth-order valence-electron chi connectivity index (χ4n) is 0.462. The highest BCUT2D eigenvalue weighted by molar-refractivity contribution is 7.79. The zero-order chi connectivity index (χ0) is 11.8. The van der Waals surface area contributed by atoms with Crippen LogP contribution in [-0.2, 0) is 20.1 Å². The van der Waals surface area contributed by atoms with E-state index >= 15 is 0 Å². The Bertz CT molecular complexity index is 281. The van der Waals surface area contributed by atoms with E-state index in [4.69, 9.17) is 22.8 Å². The molecule has 0 atom stereocenters. The van der Waals surface area contributed by atoms with Gasteiger partial charge in [0.15, 0.2) is 0 Å². The van der Waals surface area contributed by atoms with Crippen molar-refractivity contribution in [1.29, 1.82) is 0 Å². The van der Waals surface area contributed by atoms with Crippen LogP contribution in [0.5, 0.6) is 0 Å². The van der Waals surface area contributed by atoms with Crippen molar-refractivity contribution in [3.05, 3.63) is 11.6 Å². The monoisotopic (exact) mass is 228 g/mol. The zero-order valence-electron chi connectivity index (χ0n) is 7.67. The van der Waals surface area contributed by atoms with E-state index in [9.17, 15) is 4.79 Å². The fourth-order valence-corrected chi connectivity index (χ4v) is 0.462. The van der Waals surface area contributed by atoms with Crippen LogP contribution in [0.15, 0.2) is 11.6 Å². The lowest BCUT2D eigenvalue weighted by atomic mass is 10.2. The summed E-state index contributed by atoms with van der Waals surface area (Å²) in [7, 11) is -4.67. The molecule has 14 heavy (non-hydrogen) atoms. The Morgan fingerprint density at radius 1 is 1.43 bits per heavy atom. The number of rotatable bonds is 2. The van der Waals surface area contributed by atoms with Gasteiger partial charge in [0, 0.05) is 5.57 Å². The molecule has 8 heteroatoms. The molecule has 3 N–H and O–H groups in total. The predicted molar refractivity (Wildman–Crippen MR) is 46.9 cm³/mol. The first-order valence-electron chi connectivity index (χ1n) is 3.44. The van der Waals surface area contributed by atoms with Gasteiger partial charge < -0.3 is 0 Å². The van der Waals surface area contributed by atoms with Crippen LogP contribution in [0.25, 0.3) is 0 Å². The van der Waals surface area contributed by atoms with Crippen LogP contribution in [0.2, 0.25) is 0 Å². The van der Waals surface area contributed by atoms with Gasteiger partial charge in [-0.15, -0.1) is 0 Å². The Balaban J connectivity index is 0. The third-order valence-corrected chi connectivity index (χ3v) is 0.915. The first-order valence-corrected chi connectivity index (χ1v) is 4.84. The molecule has 0 radical (unpaired) electrons. The van der Waals surface area contributed by atoms with E-state index in [-0.39, 0.29) is 0 Å². The highest BCUT2D eigenvalue weighted by Crippen LogP contribution is 1.95. The Morgan fingerprint density at radius 2 is 1.79 bits per heavy atom. The van der Waals surface area contributed by atoms with Crippen LogP contribution in [0.1, 0.15) is 20.3 Å². The Hall–Kier alpha value is -0.960. The van der Waals surface area contributed by atoms with Gasteiger partial charge >= 0.3 is 16.4 Å². The minimum atomic E-state index is -4.67. The van der Waals surface area contributed by atoms with Crippen LogP contribution in [0, 0.1) is 0 Å². The molecule has 0 bridgehead atoms. The van der Waals surface area contributed by atoms with E-state index in [1.165, 1.54) is 0 Å². The molecule has 0 rings (SSSR count). The second-order valence-electron chi connectivity index (χ2n) is 2.12. The third-order valence-electron chi connectivity index (χ3n) is 0.915. The van der Waals surface area contributed by atoms with Gasteiger partial charge in [0.25, 0.3) is 0 Å². The lowest BCUT2D eigenvalue weighted by Crippen LogP contribution is -2.01. The van der Waals surface area contributed by atoms with Crippen molar-refractivity contribution in [2.45, 2.75) is 20.3 Å². The van der Waals surface area contributed by atoms with Gasteiger partial charge in [0.1, 0.15) is 0 Å². The second kappa shape index (κ2) is 7.44. The second-order valence-corrected chi connectivity index (χ2v) is 3.02. The SMILES string of the molecule is CCC=C(C)C(=O)OO.O=S(=O)(O)O. The van der Waals surface area contributed by atoms with Gasteiger partial charge in [-0.25, -0.2) is 4.79 Å². The number of carbonyl (C=O) groups excluding carboxylic acids is 1. The first kappa shape index (κ1) is 15.5. The summed E-state index contributed by atoms with van der Waals surface area (Å²) in [5.74, 6) is -0.683. The van der Waals surface area contributed by atoms with Crippen molar-refractivity contribution in [2.75, 3.05) is 0 Å². The molecular weight excluding hydrogens is 216 g/mol. The molecule has 84 valence electrons. The van der Waals surface area contributed by atoms with E-state index in [0.717, 1.165) is 6.42 Å². The standard InChI is InChI=1S/C6H10O3.H2O4S/c1-3-4-5(2)6(7)9-8;1-5(2,3)4/h4,8H,3H2,1-2H3;(H2,1,2,3,4). The fraction of sp³-hybridized carbons (Fsp3) is 0.500. The molecule has 0 aliphatic heterocycles. The summed E-state index contributed by atoms with van der Waals surface area (Å²) in [5, 5.41) is 7.84. The van der Waals surface area contributed by atoms with Gasteiger partial charge in [-0.2, -0.15) is 13.7 Å². The van der Waals surface area contributed by atoms with Gasteiger partial charge in [0.2, 0.25) is 0 Å². The molecule has 0 aromatic carbocycles. The highest BCUT2D eigenvalue weighted by Gasteiger charge is 2.01. The van der Waals surface area contributed by atoms with Crippen molar-refractivity contribution in [3.8, 4) is 0 Å². The maximum atomic E-state index is 10.4. The minimum Gasteiger partial charge on any atom is -0.296 e. The van der Waals surface area contributed by atoms with Crippen molar-refractivity contribution in [2.24, 2.45) is 0 Å². The average Bonchev–Trinajstić information content (AvgIpc) is 2.00. The Kier molecular flexibility index (Phi) is 8.25. The van der Waals surface area contributed by atoms with Crippen molar-refractivity contribution in [1.82, 2.24) is 0 Å². The molecule has 0 spiro atoms. The maximum absolute atomic E-state index is 10.4. The largest absolute Gasteiger partial charge is 0.394 e. The van der Waals surface area contributed by atoms with Crippen molar-refractivity contribution < 1.29 is 32.5 Å². The zero-order valence-corrected chi connectivity index (χ0v) is 8.48. The summed E-state index contributed by atoms with van der Waals surface area (Å²) < 4.78 is 31.6. The quantitative estimate of drug-likeness (QED) is 0.275. The summed E-state index contributed by atoms with van der Waals surface area (Å²) in [5.41, 5.74) is 0.431. The molecule has 0 saturated heterocycles. The molecule has 0 heterocycles. The van der Waals surface area contributed by atoms with E-state index in [2.05, 4.69) is 4.89 Å². The van der Waals surface area contributed by atoms with Crippen LogP contribution in [0.3, 0.4) is 0 Å². The van der Waals surface area contributed by atoms with Gasteiger partial charge in [-0.05, 0) is 13.3 Å². The molecule has 0 saturated carbocycles. The third kappa shape index (κ3) is 17.2. The molecule has 0 aromatic rings.